The van der Waals surface area contributed by atoms with Crippen molar-refractivity contribution in [1.29, 1.82) is 0 Å². The number of terminal acetylenes is 1. The largest absolute Gasteiger partial charge is 0.481 e. The Labute approximate surface area is 90.4 Å². The summed E-state index contributed by atoms with van der Waals surface area (Å²) in [6, 6.07) is -0.0172. The van der Waals surface area contributed by atoms with Crippen LogP contribution >= 0.6 is 0 Å². The van der Waals surface area contributed by atoms with Crippen molar-refractivity contribution in [3.8, 4) is 12.3 Å². The van der Waals surface area contributed by atoms with E-state index in [9.17, 15) is 4.79 Å². The van der Waals surface area contributed by atoms with Crippen LogP contribution in [0, 0.1) is 12.3 Å². The van der Waals surface area contributed by atoms with Gasteiger partial charge in [-0.1, -0.05) is 19.3 Å². The average molecular weight is 210 g/mol. The van der Waals surface area contributed by atoms with Gasteiger partial charge in [0.1, 0.15) is 0 Å². The molecule has 15 heavy (non-hydrogen) atoms. The Hall–Kier alpha value is -1.05. The van der Waals surface area contributed by atoms with Gasteiger partial charge in [0.25, 0.3) is 0 Å². The summed E-state index contributed by atoms with van der Waals surface area (Å²) in [5.41, 5.74) is -0.335. The molecule has 0 aliphatic carbocycles. The molecular formula is C11H18N2O2. The zero-order valence-electron chi connectivity index (χ0n) is 9.05. The summed E-state index contributed by atoms with van der Waals surface area (Å²) < 4.78 is 0. The first kappa shape index (κ1) is 12.0. The van der Waals surface area contributed by atoms with Gasteiger partial charge in [-0.3, -0.25) is 10.1 Å². The fraction of sp³-hybridized carbons (Fsp3) is 0.727. The number of aliphatic carboxylic acids is 1. The van der Waals surface area contributed by atoms with Gasteiger partial charge in [-0.25, -0.2) is 0 Å². The molecule has 1 atom stereocenters. The molecule has 0 saturated carbocycles. The van der Waals surface area contributed by atoms with E-state index in [-0.39, 0.29) is 18.0 Å². The fourth-order valence-electron chi connectivity index (χ4n) is 1.85. The minimum absolute atomic E-state index is 0.0172. The SMILES string of the molecule is C#CC(CCC)NC1(CC(=O)O)CNC1. The number of carbonyl (C=O) groups is 1. The Morgan fingerprint density at radius 3 is 2.73 bits per heavy atom. The number of carboxylic acids is 1. The first-order chi connectivity index (χ1) is 7.12. The molecule has 0 aromatic heterocycles. The Bertz CT molecular complexity index is 266. The average Bonchev–Trinajstić information content (AvgIpc) is 2.12. The number of hydrogen-bond acceptors (Lipinski definition) is 3. The van der Waals surface area contributed by atoms with E-state index < -0.39 is 5.97 Å². The molecule has 0 aromatic rings. The van der Waals surface area contributed by atoms with Crippen LogP contribution in [0.3, 0.4) is 0 Å². The molecule has 0 bridgehead atoms. The van der Waals surface area contributed by atoms with Gasteiger partial charge >= 0.3 is 5.97 Å². The van der Waals surface area contributed by atoms with Crippen molar-refractivity contribution in [3.05, 3.63) is 0 Å². The number of rotatable bonds is 6. The van der Waals surface area contributed by atoms with Crippen LogP contribution in [0.15, 0.2) is 0 Å². The van der Waals surface area contributed by atoms with Gasteiger partial charge < -0.3 is 10.4 Å². The van der Waals surface area contributed by atoms with Crippen LogP contribution in [-0.2, 0) is 4.79 Å². The van der Waals surface area contributed by atoms with Crippen molar-refractivity contribution in [1.82, 2.24) is 10.6 Å². The Morgan fingerprint density at radius 2 is 2.40 bits per heavy atom. The van der Waals surface area contributed by atoms with Crippen LogP contribution in [0.25, 0.3) is 0 Å². The second-order valence-electron chi connectivity index (χ2n) is 4.11. The van der Waals surface area contributed by atoms with Crippen LogP contribution < -0.4 is 10.6 Å². The molecule has 0 amide bonds. The maximum absolute atomic E-state index is 10.7. The lowest BCUT2D eigenvalue weighted by Crippen LogP contribution is -2.70. The van der Waals surface area contributed by atoms with Crippen molar-refractivity contribution in [2.24, 2.45) is 0 Å². The molecule has 3 N–H and O–H groups in total. The maximum Gasteiger partial charge on any atom is 0.305 e. The van der Waals surface area contributed by atoms with Crippen LogP contribution in [0.2, 0.25) is 0 Å². The quantitative estimate of drug-likeness (QED) is 0.548. The zero-order valence-corrected chi connectivity index (χ0v) is 9.05. The second kappa shape index (κ2) is 5.15. The third-order valence-corrected chi connectivity index (χ3v) is 2.68. The molecule has 1 unspecified atom stereocenters. The predicted molar refractivity (Wildman–Crippen MR) is 58.5 cm³/mol. The van der Waals surface area contributed by atoms with Crippen molar-refractivity contribution in [2.45, 2.75) is 37.8 Å². The molecule has 0 aromatic carbocycles. The third-order valence-electron chi connectivity index (χ3n) is 2.68. The molecule has 4 nitrogen and oxygen atoms in total. The van der Waals surface area contributed by atoms with Crippen LogP contribution in [-0.4, -0.2) is 35.7 Å². The van der Waals surface area contributed by atoms with Gasteiger partial charge in [0.2, 0.25) is 0 Å². The number of nitrogens with one attached hydrogen (secondary N) is 2. The van der Waals surface area contributed by atoms with Crippen molar-refractivity contribution in [3.63, 3.8) is 0 Å². The molecule has 1 aliphatic rings. The van der Waals surface area contributed by atoms with Crippen LogP contribution in [0.4, 0.5) is 0 Å². The Kier molecular flexibility index (Phi) is 4.13. The lowest BCUT2D eigenvalue weighted by Gasteiger charge is -2.44. The maximum atomic E-state index is 10.7. The van der Waals surface area contributed by atoms with E-state index in [0.29, 0.717) is 13.1 Å². The van der Waals surface area contributed by atoms with Crippen LogP contribution in [0.1, 0.15) is 26.2 Å². The van der Waals surface area contributed by atoms with E-state index in [4.69, 9.17) is 11.5 Å². The first-order valence-corrected chi connectivity index (χ1v) is 5.28. The summed E-state index contributed by atoms with van der Waals surface area (Å²) in [4.78, 5) is 10.7. The van der Waals surface area contributed by atoms with Crippen molar-refractivity contribution in [2.75, 3.05) is 13.1 Å². The van der Waals surface area contributed by atoms with Gasteiger partial charge in [-0.2, -0.15) is 0 Å². The topological polar surface area (TPSA) is 61.4 Å². The smallest absolute Gasteiger partial charge is 0.305 e. The van der Waals surface area contributed by atoms with E-state index in [1.54, 1.807) is 0 Å². The fourth-order valence-corrected chi connectivity index (χ4v) is 1.85. The van der Waals surface area contributed by atoms with Crippen molar-refractivity contribution < 1.29 is 9.90 Å². The molecule has 1 fully saturated rings. The summed E-state index contributed by atoms with van der Waals surface area (Å²) in [7, 11) is 0. The van der Waals surface area contributed by atoms with E-state index in [1.165, 1.54) is 0 Å². The molecule has 84 valence electrons. The molecule has 1 aliphatic heterocycles. The summed E-state index contributed by atoms with van der Waals surface area (Å²) in [5, 5.41) is 15.2. The lowest BCUT2D eigenvalue weighted by molar-refractivity contribution is -0.139. The normalized spacial score (nSPS) is 20.0. The first-order valence-electron chi connectivity index (χ1n) is 5.28. The summed E-state index contributed by atoms with van der Waals surface area (Å²) >= 11 is 0. The van der Waals surface area contributed by atoms with Crippen LogP contribution in [0.5, 0.6) is 0 Å². The Morgan fingerprint density at radius 1 is 1.73 bits per heavy atom. The van der Waals surface area contributed by atoms with Gasteiger partial charge in [0.05, 0.1) is 18.0 Å². The minimum atomic E-state index is -0.781. The predicted octanol–water partition coefficient (Wildman–Crippen LogP) is 0.195. The molecule has 0 radical (unpaired) electrons. The molecule has 4 heteroatoms. The molecule has 1 heterocycles. The summed E-state index contributed by atoms with van der Waals surface area (Å²) in [6.07, 6.45) is 7.41. The van der Waals surface area contributed by atoms with E-state index >= 15 is 0 Å². The highest BCUT2D eigenvalue weighted by Gasteiger charge is 2.39. The third kappa shape index (κ3) is 3.22. The highest BCUT2D eigenvalue weighted by Crippen LogP contribution is 2.17. The molecule has 1 rings (SSSR count). The number of carboxylic acid groups (broad SMARTS) is 1. The summed E-state index contributed by atoms with van der Waals surface area (Å²) in [6.45, 7) is 3.43. The van der Waals surface area contributed by atoms with Gasteiger partial charge in [-0.05, 0) is 6.42 Å². The van der Waals surface area contributed by atoms with E-state index in [2.05, 4.69) is 23.5 Å². The highest BCUT2D eigenvalue weighted by molar-refractivity contribution is 5.68. The van der Waals surface area contributed by atoms with Crippen molar-refractivity contribution >= 4 is 5.97 Å². The lowest BCUT2D eigenvalue weighted by atomic mass is 9.87. The molecule has 1 saturated heterocycles. The number of hydrogen-bond donors (Lipinski definition) is 3. The summed E-state index contributed by atoms with van der Waals surface area (Å²) in [5.74, 6) is 1.89. The standard InChI is InChI=1S/C11H18N2O2/c1-3-5-9(4-2)13-11(6-10(14)15)7-12-8-11/h2,9,12-13H,3,5-8H2,1H3,(H,14,15). The second-order valence-corrected chi connectivity index (χ2v) is 4.11. The Balaban J connectivity index is 2.51. The van der Waals surface area contributed by atoms with Gasteiger partial charge in [-0.15, -0.1) is 6.42 Å². The van der Waals surface area contributed by atoms with Gasteiger partial charge in [0, 0.05) is 13.1 Å². The molecular weight excluding hydrogens is 192 g/mol. The van der Waals surface area contributed by atoms with Gasteiger partial charge in [0.15, 0.2) is 0 Å². The van der Waals surface area contributed by atoms with E-state index in [1.807, 2.05) is 0 Å². The highest BCUT2D eigenvalue weighted by atomic mass is 16.4. The molecule has 0 spiro atoms. The minimum Gasteiger partial charge on any atom is -0.481 e. The monoisotopic (exact) mass is 210 g/mol. The van der Waals surface area contributed by atoms with E-state index in [0.717, 1.165) is 12.8 Å². The zero-order chi connectivity index (χ0) is 11.3.